The van der Waals surface area contributed by atoms with Gasteiger partial charge >= 0.3 is 0 Å². The molecule has 6 nitrogen and oxygen atoms in total. The van der Waals surface area contributed by atoms with Crippen molar-refractivity contribution < 1.29 is 4.74 Å². The zero-order valence-electron chi connectivity index (χ0n) is 12.6. The van der Waals surface area contributed by atoms with Crippen molar-refractivity contribution in [3.05, 3.63) is 40.7 Å². The Morgan fingerprint density at radius 1 is 1.50 bits per heavy atom. The van der Waals surface area contributed by atoms with Crippen molar-refractivity contribution in [1.82, 2.24) is 9.78 Å². The molecular weight excluding hydrogens is 417 g/mol. The highest BCUT2D eigenvalue weighted by Crippen LogP contribution is 2.27. The summed E-state index contributed by atoms with van der Waals surface area (Å²) in [6, 6.07) is 5.32. The lowest BCUT2D eigenvalue weighted by molar-refractivity contribution is 0.415. The van der Waals surface area contributed by atoms with Gasteiger partial charge in [0.25, 0.3) is 0 Å². The number of guanidine groups is 1. The number of ether oxygens (including phenoxy) is 1. The van der Waals surface area contributed by atoms with E-state index >= 15 is 0 Å². The van der Waals surface area contributed by atoms with E-state index in [0.29, 0.717) is 23.3 Å². The molecule has 8 heteroatoms. The first-order valence-electron chi connectivity index (χ1n) is 6.39. The number of nitrogens with one attached hydrogen (secondary N) is 1. The van der Waals surface area contributed by atoms with Crippen molar-refractivity contribution in [3.63, 3.8) is 0 Å². The second kappa shape index (κ2) is 8.23. The molecule has 2 rings (SSSR count). The van der Waals surface area contributed by atoms with Crippen LogP contribution in [0, 0.1) is 6.92 Å². The molecule has 120 valence electrons. The SMILES string of the molecule is COc1ccc(NC(N)=NCc2cnn(C)c2C)cc1Cl.I. The van der Waals surface area contributed by atoms with E-state index in [1.54, 1.807) is 30.1 Å². The first-order valence-corrected chi connectivity index (χ1v) is 6.77. The maximum absolute atomic E-state index is 6.05. The topological polar surface area (TPSA) is 77.5 Å². The minimum atomic E-state index is 0. The minimum absolute atomic E-state index is 0. The molecule has 1 aromatic heterocycles. The van der Waals surface area contributed by atoms with Crippen LogP contribution in [0.1, 0.15) is 11.3 Å². The van der Waals surface area contributed by atoms with Crippen LogP contribution < -0.4 is 15.8 Å². The van der Waals surface area contributed by atoms with Gasteiger partial charge in [-0.2, -0.15) is 5.10 Å². The first-order chi connectivity index (χ1) is 10.0. The van der Waals surface area contributed by atoms with E-state index in [-0.39, 0.29) is 24.0 Å². The molecule has 0 atom stereocenters. The maximum atomic E-state index is 6.05. The fraction of sp³-hybridized carbons (Fsp3) is 0.286. The Hall–Kier alpha value is -1.48. The Morgan fingerprint density at radius 2 is 2.23 bits per heavy atom. The van der Waals surface area contributed by atoms with Crippen molar-refractivity contribution in [2.75, 3.05) is 12.4 Å². The van der Waals surface area contributed by atoms with E-state index in [9.17, 15) is 0 Å². The lowest BCUT2D eigenvalue weighted by Gasteiger charge is -2.08. The van der Waals surface area contributed by atoms with Gasteiger partial charge in [-0.25, -0.2) is 4.99 Å². The third kappa shape index (κ3) is 4.51. The Bertz CT molecular complexity index is 671. The van der Waals surface area contributed by atoms with Gasteiger partial charge in [0, 0.05) is 24.0 Å². The molecule has 0 aliphatic rings. The van der Waals surface area contributed by atoms with Crippen LogP contribution in [-0.2, 0) is 13.6 Å². The van der Waals surface area contributed by atoms with E-state index in [4.69, 9.17) is 22.1 Å². The van der Waals surface area contributed by atoms with Crippen LogP contribution in [0.2, 0.25) is 5.02 Å². The monoisotopic (exact) mass is 435 g/mol. The molecule has 1 aromatic carbocycles. The second-order valence-corrected chi connectivity index (χ2v) is 4.96. The quantitative estimate of drug-likeness (QED) is 0.440. The van der Waals surface area contributed by atoms with Crippen molar-refractivity contribution in [1.29, 1.82) is 0 Å². The van der Waals surface area contributed by atoms with E-state index in [0.717, 1.165) is 16.9 Å². The molecule has 3 N–H and O–H groups in total. The van der Waals surface area contributed by atoms with Crippen molar-refractivity contribution in [2.45, 2.75) is 13.5 Å². The number of halogens is 2. The number of methoxy groups -OCH3 is 1. The highest BCUT2D eigenvalue weighted by atomic mass is 127. The van der Waals surface area contributed by atoms with Gasteiger partial charge in [-0.05, 0) is 25.1 Å². The van der Waals surface area contributed by atoms with E-state index in [1.165, 1.54) is 0 Å². The molecule has 22 heavy (non-hydrogen) atoms. The van der Waals surface area contributed by atoms with Crippen LogP contribution >= 0.6 is 35.6 Å². The van der Waals surface area contributed by atoms with Crippen LogP contribution in [0.5, 0.6) is 5.75 Å². The number of nitrogens with two attached hydrogens (primary N) is 1. The average Bonchev–Trinajstić information content (AvgIpc) is 2.77. The smallest absolute Gasteiger partial charge is 0.193 e. The van der Waals surface area contributed by atoms with Crippen molar-refractivity contribution in [2.24, 2.45) is 17.8 Å². The number of hydrogen-bond donors (Lipinski definition) is 2. The molecule has 0 aliphatic heterocycles. The number of aromatic nitrogens is 2. The summed E-state index contributed by atoms with van der Waals surface area (Å²) in [4.78, 5) is 4.29. The molecule has 2 aromatic rings. The molecule has 0 bridgehead atoms. The molecule has 0 radical (unpaired) electrons. The summed E-state index contributed by atoms with van der Waals surface area (Å²) in [5.41, 5.74) is 8.73. The Kier molecular flexibility index (Phi) is 6.95. The van der Waals surface area contributed by atoms with Crippen LogP contribution in [0.3, 0.4) is 0 Å². The number of anilines is 1. The molecule has 0 spiro atoms. The third-order valence-electron chi connectivity index (χ3n) is 3.18. The lowest BCUT2D eigenvalue weighted by Crippen LogP contribution is -2.22. The molecule has 0 fully saturated rings. The van der Waals surface area contributed by atoms with Crippen LogP contribution in [0.4, 0.5) is 5.69 Å². The summed E-state index contributed by atoms with van der Waals surface area (Å²) >= 11 is 6.05. The molecule has 0 aliphatic carbocycles. The number of aryl methyl sites for hydroxylation is 1. The summed E-state index contributed by atoms with van der Waals surface area (Å²) < 4.78 is 6.90. The predicted octanol–water partition coefficient (Wildman–Crippen LogP) is 2.94. The van der Waals surface area contributed by atoms with Gasteiger partial charge in [0.2, 0.25) is 0 Å². The van der Waals surface area contributed by atoms with E-state index in [1.807, 2.05) is 20.0 Å². The summed E-state index contributed by atoms with van der Waals surface area (Å²) in [5.74, 6) is 0.934. The van der Waals surface area contributed by atoms with Crippen molar-refractivity contribution >= 4 is 47.2 Å². The number of nitrogens with zero attached hydrogens (tertiary/aromatic N) is 3. The highest BCUT2D eigenvalue weighted by molar-refractivity contribution is 14.0. The third-order valence-corrected chi connectivity index (χ3v) is 3.48. The summed E-state index contributed by atoms with van der Waals surface area (Å²) in [7, 11) is 3.46. The number of hydrogen-bond acceptors (Lipinski definition) is 3. The minimum Gasteiger partial charge on any atom is -0.495 e. The maximum Gasteiger partial charge on any atom is 0.193 e. The van der Waals surface area contributed by atoms with Crippen molar-refractivity contribution in [3.8, 4) is 5.75 Å². The molecule has 0 saturated heterocycles. The molecular formula is C14H19ClIN5O. The second-order valence-electron chi connectivity index (χ2n) is 4.55. The van der Waals surface area contributed by atoms with Crippen LogP contribution in [0.25, 0.3) is 0 Å². The summed E-state index contributed by atoms with van der Waals surface area (Å²) in [5, 5.41) is 7.67. The number of rotatable bonds is 4. The zero-order chi connectivity index (χ0) is 15.4. The first kappa shape index (κ1) is 18.6. The normalized spacial score (nSPS) is 11.0. The molecule has 0 unspecified atom stereocenters. The van der Waals surface area contributed by atoms with Gasteiger partial charge in [-0.1, -0.05) is 11.6 Å². The standard InChI is InChI=1S/C14H18ClN5O.HI/c1-9-10(8-18-20(9)2)7-17-14(16)19-11-4-5-13(21-3)12(15)6-11;/h4-6,8H,7H2,1-3H3,(H3,16,17,19);1H. The van der Waals surface area contributed by atoms with Gasteiger partial charge in [-0.15, -0.1) is 24.0 Å². The molecule has 0 saturated carbocycles. The molecule has 0 amide bonds. The number of aliphatic imine (C=N–C) groups is 1. The Morgan fingerprint density at radius 3 is 2.77 bits per heavy atom. The van der Waals surface area contributed by atoms with E-state index in [2.05, 4.69) is 15.4 Å². The number of benzene rings is 1. The largest absolute Gasteiger partial charge is 0.495 e. The highest BCUT2D eigenvalue weighted by Gasteiger charge is 2.04. The summed E-state index contributed by atoms with van der Waals surface area (Å²) in [6.45, 7) is 2.47. The zero-order valence-corrected chi connectivity index (χ0v) is 15.7. The van der Waals surface area contributed by atoms with Gasteiger partial charge in [0.05, 0.1) is 24.9 Å². The lowest BCUT2D eigenvalue weighted by atomic mass is 10.3. The van der Waals surface area contributed by atoms with Crippen LogP contribution in [-0.4, -0.2) is 22.8 Å². The van der Waals surface area contributed by atoms with Gasteiger partial charge < -0.3 is 15.8 Å². The van der Waals surface area contributed by atoms with E-state index < -0.39 is 0 Å². The van der Waals surface area contributed by atoms with Gasteiger partial charge in [-0.3, -0.25) is 4.68 Å². The van der Waals surface area contributed by atoms with Crippen LogP contribution in [0.15, 0.2) is 29.4 Å². The Labute approximate surface area is 151 Å². The average molecular weight is 436 g/mol. The van der Waals surface area contributed by atoms with Gasteiger partial charge in [0.15, 0.2) is 5.96 Å². The Balaban J connectivity index is 0.00000242. The molecule has 1 heterocycles. The summed E-state index contributed by atoms with van der Waals surface area (Å²) in [6.07, 6.45) is 1.79. The fourth-order valence-corrected chi connectivity index (χ4v) is 2.06. The van der Waals surface area contributed by atoms with Gasteiger partial charge in [0.1, 0.15) is 5.75 Å². The fourth-order valence-electron chi connectivity index (χ4n) is 1.80. The predicted molar refractivity (Wildman–Crippen MR) is 100 cm³/mol.